The van der Waals surface area contributed by atoms with Gasteiger partial charge in [-0.2, -0.15) is 0 Å². The Bertz CT molecular complexity index is 1020. The van der Waals surface area contributed by atoms with Crippen LogP contribution in [0.4, 0.5) is 30.2 Å². The summed E-state index contributed by atoms with van der Waals surface area (Å²) in [5.41, 5.74) is 1.20. The minimum Gasteiger partial charge on any atom is -0.355 e. The van der Waals surface area contributed by atoms with Crippen LogP contribution in [0.25, 0.3) is 0 Å². The molecule has 0 heterocycles. The molecule has 0 spiro atoms. The molecule has 2 N–H and O–H groups in total. The number of benzene rings is 3. The van der Waals surface area contributed by atoms with E-state index in [4.69, 9.17) is 0 Å². The van der Waals surface area contributed by atoms with Gasteiger partial charge in [0, 0.05) is 23.1 Å². The van der Waals surface area contributed by atoms with Crippen LogP contribution < -0.4 is 10.0 Å². The van der Waals surface area contributed by atoms with Gasteiger partial charge in [0.25, 0.3) is 10.0 Å². The van der Waals surface area contributed by atoms with Crippen LogP contribution in [-0.4, -0.2) is 8.42 Å². The molecular weight excluding hydrogens is 365 g/mol. The number of rotatable bonds is 5. The van der Waals surface area contributed by atoms with Crippen LogP contribution in [0.3, 0.4) is 0 Å². The molecule has 0 radical (unpaired) electrons. The molecule has 0 amide bonds. The first kappa shape index (κ1) is 17.8. The summed E-state index contributed by atoms with van der Waals surface area (Å²) in [6.45, 7) is 0. The molecule has 0 aromatic heterocycles. The monoisotopic (exact) mass is 378 g/mol. The summed E-state index contributed by atoms with van der Waals surface area (Å²) < 4.78 is 65.9. The Morgan fingerprint density at radius 3 is 1.85 bits per heavy atom. The minimum atomic E-state index is -3.84. The van der Waals surface area contributed by atoms with E-state index in [-0.39, 0.29) is 4.90 Å². The van der Waals surface area contributed by atoms with E-state index in [1.54, 1.807) is 12.1 Å². The Balaban J connectivity index is 1.73. The molecule has 3 rings (SSSR count). The second kappa shape index (κ2) is 7.09. The van der Waals surface area contributed by atoms with E-state index in [9.17, 15) is 21.6 Å². The van der Waals surface area contributed by atoms with Crippen molar-refractivity contribution in [1.29, 1.82) is 0 Å². The maximum absolute atomic E-state index is 13.2. The van der Waals surface area contributed by atoms with Crippen LogP contribution in [0.15, 0.2) is 71.6 Å². The molecule has 4 nitrogen and oxygen atoms in total. The Morgan fingerprint density at radius 1 is 0.654 bits per heavy atom. The summed E-state index contributed by atoms with van der Waals surface area (Å²) in [6.07, 6.45) is 0. The van der Waals surface area contributed by atoms with Gasteiger partial charge in [0.2, 0.25) is 0 Å². The van der Waals surface area contributed by atoms with E-state index in [1.807, 2.05) is 0 Å². The van der Waals surface area contributed by atoms with E-state index in [1.165, 1.54) is 18.2 Å². The maximum atomic E-state index is 13.2. The third-order valence-corrected chi connectivity index (χ3v) is 4.87. The van der Waals surface area contributed by atoms with Crippen LogP contribution in [-0.2, 0) is 10.0 Å². The zero-order chi connectivity index (χ0) is 18.7. The number of sulfonamides is 1. The molecule has 3 aromatic rings. The number of nitrogens with one attached hydrogen (secondary N) is 2. The van der Waals surface area contributed by atoms with Gasteiger partial charge in [-0.25, -0.2) is 21.6 Å². The van der Waals surface area contributed by atoms with Crippen LogP contribution in [0.2, 0.25) is 0 Å². The molecular formula is C18H13F3N2O2S. The van der Waals surface area contributed by atoms with E-state index in [2.05, 4.69) is 10.0 Å². The normalized spacial score (nSPS) is 11.2. The Kier molecular flexibility index (Phi) is 4.85. The van der Waals surface area contributed by atoms with E-state index >= 15 is 0 Å². The fourth-order valence-corrected chi connectivity index (χ4v) is 3.25. The molecule has 26 heavy (non-hydrogen) atoms. The van der Waals surface area contributed by atoms with Crippen molar-refractivity contribution in [2.45, 2.75) is 4.90 Å². The molecule has 134 valence electrons. The lowest BCUT2D eigenvalue weighted by atomic mass is 10.2. The number of hydrogen-bond donors (Lipinski definition) is 2. The molecule has 0 aliphatic carbocycles. The lowest BCUT2D eigenvalue weighted by molar-refractivity contribution is 0.509. The molecule has 3 aromatic carbocycles. The Morgan fingerprint density at radius 2 is 1.23 bits per heavy atom. The molecule has 0 atom stereocenters. The van der Waals surface area contributed by atoms with Crippen molar-refractivity contribution in [2.24, 2.45) is 0 Å². The van der Waals surface area contributed by atoms with Crippen molar-refractivity contribution in [2.75, 3.05) is 10.0 Å². The van der Waals surface area contributed by atoms with Crippen molar-refractivity contribution in [3.8, 4) is 0 Å². The highest BCUT2D eigenvalue weighted by Gasteiger charge is 2.14. The summed E-state index contributed by atoms with van der Waals surface area (Å²) >= 11 is 0. The van der Waals surface area contributed by atoms with E-state index in [0.717, 1.165) is 36.4 Å². The van der Waals surface area contributed by atoms with Crippen LogP contribution in [0.5, 0.6) is 0 Å². The molecule has 0 aliphatic heterocycles. The fourth-order valence-electron chi connectivity index (χ4n) is 2.19. The zero-order valence-electron chi connectivity index (χ0n) is 13.2. The predicted octanol–water partition coefficient (Wildman–Crippen LogP) is 4.65. The highest BCUT2D eigenvalue weighted by molar-refractivity contribution is 7.92. The van der Waals surface area contributed by atoms with Crippen LogP contribution >= 0.6 is 0 Å². The smallest absolute Gasteiger partial charge is 0.261 e. The van der Waals surface area contributed by atoms with Gasteiger partial charge in [-0.05, 0) is 60.7 Å². The van der Waals surface area contributed by atoms with Crippen molar-refractivity contribution in [3.63, 3.8) is 0 Å². The van der Waals surface area contributed by atoms with E-state index < -0.39 is 27.5 Å². The largest absolute Gasteiger partial charge is 0.355 e. The highest BCUT2D eigenvalue weighted by Crippen LogP contribution is 2.22. The van der Waals surface area contributed by atoms with Crippen molar-refractivity contribution < 1.29 is 21.6 Å². The third kappa shape index (κ3) is 4.15. The first-order valence-electron chi connectivity index (χ1n) is 7.44. The van der Waals surface area contributed by atoms with Gasteiger partial charge < -0.3 is 5.32 Å². The number of hydrogen-bond acceptors (Lipinski definition) is 3. The molecule has 0 unspecified atom stereocenters. The summed E-state index contributed by atoms with van der Waals surface area (Å²) in [5.74, 6) is -2.45. The van der Waals surface area contributed by atoms with Gasteiger partial charge in [-0.3, -0.25) is 4.72 Å². The Hall–Kier alpha value is -3.00. The fraction of sp³-hybridized carbons (Fsp3) is 0. The van der Waals surface area contributed by atoms with Gasteiger partial charge in [0.15, 0.2) is 11.6 Å². The van der Waals surface area contributed by atoms with E-state index in [0.29, 0.717) is 17.1 Å². The summed E-state index contributed by atoms with van der Waals surface area (Å²) in [4.78, 5) is -0.0668. The van der Waals surface area contributed by atoms with Crippen molar-refractivity contribution >= 4 is 27.1 Å². The number of halogens is 3. The first-order chi connectivity index (χ1) is 12.3. The molecule has 0 saturated carbocycles. The maximum Gasteiger partial charge on any atom is 0.261 e. The average molecular weight is 378 g/mol. The quantitative estimate of drug-likeness (QED) is 0.680. The first-order valence-corrected chi connectivity index (χ1v) is 8.92. The molecule has 0 bridgehead atoms. The number of anilines is 3. The predicted molar refractivity (Wildman–Crippen MR) is 93.3 cm³/mol. The van der Waals surface area contributed by atoms with Gasteiger partial charge in [0.05, 0.1) is 4.90 Å². The second-order valence-corrected chi connectivity index (χ2v) is 7.07. The molecule has 0 aliphatic rings. The van der Waals surface area contributed by atoms with Crippen LogP contribution in [0.1, 0.15) is 0 Å². The summed E-state index contributed by atoms with van der Waals surface area (Å²) in [6, 6.07) is 14.0. The van der Waals surface area contributed by atoms with Gasteiger partial charge in [-0.1, -0.05) is 0 Å². The van der Waals surface area contributed by atoms with Gasteiger partial charge in [0.1, 0.15) is 5.82 Å². The standard InChI is InChI=1S/C18H13F3N2O2S/c19-12-1-8-16(9-2-12)26(24,25)23-14-5-3-13(4-6-14)22-15-7-10-17(20)18(21)11-15/h1-11,22-23H. The lowest BCUT2D eigenvalue weighted by Gasteiger charge is -2.10. The summed E-state index contributed by atoms with van der Waals surface area (Å²) in [5, 5.41) is 2.87. The highest BCUT2D eigenvalue weighted by atomic mass is 32.2. The third-order valence-electron chi connectivity index (χ3n) is 3.47. The molecule has 0 fully saturated rings. The van der Waals surface area contributed by atoms with Crippen LogP contribution in [0, 0.1) is 17.5 Å². The SMILES string of the molecule is O=S(=O)(Nc1ccc(Nc2ccc(F)c(F)c2)cc1)c1ccc(F)cc1. The van der Waals surface area contributed by atoms with Crippen molar-refractivity contribution in [3.05, 3.63) is 84.2 Å². The topological polar surface area (TPSA) is 58.2 Å². The molecule has 8 heteroatoms. The Labute approximate surface area is 148 Å². The lowest BCUT2D eigenvalue weighted by Crippen LogP contribution is -2.12. The van der Waals surface area contributed by atoms with Gasteiger partial charge >= 0.3 is 0 Å². The second-order valence-electron chi connectivity index (χ2n) is 5.39. The molecule has 0 saturated heterocycles. The van der Waals surface area contributed by atoms with Gasteiger partial charge in [-0.15, -0.1) is 0 Å². The minimum absolute atomic E-state index is 0.0668. The summed E-state index contributed by atoms with van der Waals surface area (Å²) in [7, 11) is -3.84. The zero-order valence-corrected chi connectivity index (χ0v) is 14.0. The average Bonchev–Trinajstić information content (AvgIpc) is 2.60. The van der Waals surface area contributed by atoms with Crippen molar-refractivity contribution in [1.82, 2.24) is 0 Å².